The fourth-order valence-corrected chi connectivity index (χ4v) is 4.35. The minimum absolute atomic E-state index is 0.00516. The maximum Gasteiger partial charge on any atom is 0.326 e. The second-order valence-electron chi connectivity index (χ2n) is 9.29. The third kappa shape index (κ3) is 18.3. The molecule has 21 heteroatoms. The van der Waals surface area contributed by atoms with Crippen molar-refractivity contribution in [1.82, 2.24) is 41.3 Å². The normalized spacial score (nSPS) is 12.5. The first-order valence-corrected chi connectivity index (χ1v) is 15.2. The number of tetrazole rings is 1. The van der Waals surface area contributed by atoms with Crippen LogP contribution in [0.3, 0.4) is 0 Å². The molecule has 4 amide bonds. The second-order valence-corrected chi connectivity index (χ2v) is 11.1. The Bertz CT molecular complexity index is 1200. The highest BCUT2D eigenvalue weighted by Gasteiger charge is 2.22. The maximum absolute atomic E-state index is 12.0. The van der Waals surface area contributed by atoms with Gasteiger partial charge in [0.05, 0.1) is 25.6 Å². The Balaban J connectivity index is 2.08. The molecule has 1 aromatic heterocycles. The van der Waals surface area contributed by atoms with Gasteiger partial charge in [0.25, 0.3) is 0 Å². The number of H-pyrrole nitrogens is 1. The van der Waals surface area contributed by atoms with E-state index in [9.17, 15) is 42.3 Å². The third-order valence-corrected chi connectivity index (χ3v) is 6.87. The second kappa shape index (κ2) is 20.6. The molecule has 2 unspecified atom stereocenters. The molecule has 20 nitrogen and oxygen atoms in total. The van der Waals surface area contributed by atoms with Crippen LogP contribution in [0.15, 0.2) is 0 Å². The van der Waals surface area contributed by atoms with Crippen molar-refractivity contribution in [2.45, 2.75) is 64.0 Å². The summed E-state index contributed by atoms with van der Waals surface area (Å²) in [4.78, 5) is 69.4. The van der Waals surface area contributed by atoms with Crippen molar-refractivity contribution in [3.63, 3.8) is 0 Å². The summed E-state index contributed by atoms with van der Waals surface area (Å²) in [5.74, 6) is -5.05. The lowest BCUT2D eigenvalue weighted by Gasteiger charge is -2.15. The molecule has 0 bridgehead atoms. The summed E-state index contributed by atoms with van der Waals surface area (Å²) in [5, 5.41) is 37.9. The molecule has 0 aliphatic heterocycles. The van der Waals surface area contributed by atoms with E-state index < -0.39 is 70.0 Å². The van der Waals surface area contributed by atoms with Gasteiger partial charge in [0.2, 0.25) is 33.7 Å². The van der Waals surface area contributed by atoms with E-state index in [0.717, 1.165) is 0 Å². The molecule has 2 atom stereocenters. The van der Waals surface area contributed by atoms with Crippen LogP contribution in [-0.4, -0.2) is 126 Å². The van der Waals surface area contributed by atoms with Gasteiger partial charge in [-0.05, 0) is 36.6 Å². The van der Waals surface area contributed by atoms with E-state index in [4.69, 9.17) is 14.6 Å². The van der Waals surface area contributed by atoms with Gasteiger partial charge < -0.3 is 35.6 Å². The molecule has 0 aliphatic carbocycles. The van der Waals surface area contributed by atoms with E-state index in [1.54, 1.807) is 0 Å². The first-order chi connectivity index (χ1) is 20.8. The van der Waals surface area contributed by atoms with E-state index in [2.05, 4.69) is 36.6 Å². The predicted molar refractivity (Wildman–Crippen MR) is 147 cm³/mol. The summed E-state index contributed by atoms with van der Waals surface area (Å²) in [7, 11) is -3.89. The van der Waals surface area contributed by atoms with Crippen LogP contribution < -0.4 is 20.7 Å². The van der Waals surface area contributed by atoms with Crippen molar-refractivity contribution >= 4 is 45.6 Å². The topological polar surface area (TPSA) is 298 Å². The van der Waals surface area contributed by atoms with Crippen molar-refractivity contribution in [2.24, 2.45) is 0 Å². The lowest BCUT2D eigenvalue weighted by Crippen LogP contribution is -2.44. The van der Waals surface area contributed by atoms with Crippen LogP contribution in [-0.2, 0) is 54.7 Å². The van der Waals surface area contributed by atoms with Crippen LogP contribution in [0.2, 0.25) is 0 Å². The fourth-order valence-electron chi connectivity index (χ4n) is 3.28. The largest absolute Gasteiger partial charge is 0.480 e. The van der Waals surface area contributed by atoms with E-state index in [0.29, 0.717) is 18.7 Å². The van der Waals surface area contributed by atoms with E-state index >= 15 is 0 Å². The molecular formula is C23H38N8O12S. The number of carbonyl (C=O) groups excluding carboxylic acids is 4. The molecular weight excluding hydrogens is 612 g/mol. The molecule has 0 saturated carbocycles. The predicted octanol–water partition coefficient (Wildman–Crippen LogP) is -3.16. The van der Waals surface area contributed by atoms with E-state index in [1.165, 1.54) is 6.92 Å². The van der Waals surface area contributed by atoms with Gasteiger partial charge in [0.1, 0.15) is 24.5 Å². The maximum atomic E-state index is 12.0. The van der Waals surface area contributed by atoms with Gasteiger partial charge in [0, 0.05) is 32.2 Å². The Morgan fingerprint density at radius 2 is 1.57 bits per heavy atom. The van der Waals surface area contributed by atoms with Gasteiger partial charge in [0.15, 0.2) is 0 Å². The number of carboxylic acid groups (broad SMARTS) is 2. The van der Waals surface area contributed by atoms with Crippen molar-refractivity contribution in [3.05, 3.63) is 5.82 Å². The number of aromatic nitrogens is 4. The standard InChI is InChI=1S/C23H38N8O12S/c1-15(22(36)37)25-19(33)8-7-16(23(38)39)26-21(35)14-43-12-11-42-10-9-24-18(32)6-3-13-44(40,41)29-20(34)5-2-4-17-27-30-31-28-17/h15-16H,2-14H2,1H3,(H,24,32)(H,25,33)(H,26,35)(H,29,34)(H,36,37)(H,38,39)(H,27,28,30,31). The minimum Gasteiger partial charge on any atom is -0.480 e. The van der Waals surface area contributed by atoms with Crippen LogP contribution in [0.25, 0.3) is 0 Å². The van der Waals surface area contributed by atoms with E-state index in [-0.39, 0.29) is 58.5 Å². The molecule has 1 rings (SSSR count). The molecule has 0 radical (unpaired) electrons. The number of aromatic amines is 1. The highest BCUT2D eigenvalue weighted by Crippen LogP contribution is 2.01. The number of amides is 4. The first-order valence-electron chi connectivity index (χ1n) is 13.5. The average Bonchev–Trinajstić information content (AvgIpc) is 3.45. The number of carbonyl (C=O) groups is 6. The molecule has 0 fully saturated rings. The van der Waals surface area contributed by atoms with Crippen molar-refractivity contribution in [1.29, 1.82) is 0 Å². The number of hydrogen-bond acceptors (Lipinski definition) is 13. The number of carboxylic acids is 2. The van der Waals surface area contributed by atoms with Crippen LogP contribution in [0.1, 0.15) is 51.3 Å². The Morgan fingerprint density at radius 1 is 0.864 bits per heavy atom. The number of aliphatic carboxylic acids is 2. The number of rotatable bonds is 24. The first kappa shape index (κ1) is 37.8. The highest BCUT2D eigenvalue weighted by molar-refractivity contribution is 7.90. The molecule has 1 heterocycles. The zero-order valence-corrected chi connectivity index (χ0v) is 24.9. The van der Waals surface area contributed by atoms with Gasteiger partial charge in [-0.3, -0.25) is 28.7 Å². The summed E-state index contributed by atoms with van der Waals surface area (Å²) in [6, 6.07) is -2.52. The Labute approximate surface area is 252 Å². The molecule has 0 saturated heterocycles. The number of sulfonamides is 1. The molecule has 248 valence electrons. The fraction of sp³-hybridized carbons (Fsp3) is 0.696. The zero-order valence-electron chi connectivity index (χ0n) is 24.1. The number of nitrogens with zero attached hydrogens (tertiary/aromatic N) is 3. The van der Waals surface area contributed by atoms with Crippen LogP contribution >= 0.6 is 0 Å². The number of aryl methyl sites for hydroxylation is 1. The van der Waals surface area contributed by atoms with Gasteiger partial charge in [-0.1, -0.05) is 0 Å². The van der Waals surface area contributed by atoms with Crippen molar-refractivity contribution in [2.75, 3.05) is 38.7 Å². The Morgan fingerprint density at radius 3 is 2.23 bits per heavy atom. The molecule has 0 aromatic carbocycles. The van der Waals surface area contributed by atoms with Gasteiger partial charge in [-0.2, -0.15) is 0 Å². The summed E-state index contributed by atoms with van der Waals surface area (Å²) >= 11 is 0. The molecule has 0 aliphatic rings. The van der Waals surface area contributed by atoms with Gasteiger partial charge >= 0.3 is 11.9 Å². The minimum atomic E-state index is -3.89. The molecule has 7 N–H and O–H groups in total. The van der Waals surface area contributed by atoms with Gasteiger partial charge in [-0.15, -0.1) is 5.10 Å². The smallest absolute Gasteiger partial charge is 0.326 e. The monoisotopic (exact) mass is 650 g/mol. The molecule has 1 aromatic rings. The highest BCUT2D eigenvalue weighted by atomic mass is 32.2. The molecule has 44 heavy (non-hydrogen) atoms. The average molecular weight is 651 g/mol. The number of ether oxygens (including phenoxy) is 2. The van der Waals surface area contributed by atoms with Crippen molar-refractivity contribution < 1.29 is 56.9 Å². The number of nitrogens with one attached hydrogen (secondary N) is 5. The summed E-state index contributed by atoms with van der Waals surface area (Å²) in [6.45, 7) is 1.04. The summed E-state index contributed by atoms with van der Waals surface area (Å²) in [5.41, 5.74) is 0. The van der Waals surface area contributed by atoms with Crippen LogP contribution in [0, 0.1) is 0 Å². The van der Waals surface area contributed by atoms with E-state index in [1.807, 2.05) is 4.72 Å². The summed E-state index contributed by atoms with van der Waals surface area (Å²) in [6.07, 6.45) is 0.0212. The van der Waals surface area contributed by atoms with Gasteiger partial charge in [-0.25, -0.2) is 18.3 Å². The quantitative estimate of drug-likeness (QED) is 0.0543. The molecule has 0 spiro atoms. The summed E-state index contributed by atoms with van der Waals surface area (Å²) < 4.78 is 36.3. The number of hydrogen-bond donors (Lipinski definition) is 7. The lowest BCUT2D eigenvalue weighted by atomic mass is 10.1. The van der Waals surface area contributed by atoms with Crippen LogP contribution in [0.5, 0.6) is 0 Å². The SMILES string of the molecule is CC(NC(=O)CCC(NC(=O)COCCOCCNC(=O)CCCS(=O)(=O)NC(=O)CCCc1nnn[nH]1)C(=O)O)C(=O)O. The third-order valence-electron chi connectivity index (χ3n) is 5.51. The van der Waals surface area contributed by atoms with Crippen molar-refractivity contribution in [3.8, 4) is 0 Å². The Hall–Kier alpha value is -4.24. The zero-order chi connectivity index (χ0) is 33.0. The Kier molecular flexibility index (Phi) is 17.7. The van der Waals surface area contributed by atoms with Crippen LogP contribution in [0.4, 0.5) is 0 Å². The lowest BCUT2D eigenvalue weighted by molar-refractivity contribution is -0.143.